The molecule has 2 aromatic carbocycles. The van der Waals surface area contributed by atoms with Gasteiger partial charge in [-0.1, -0.05) is 24.3 Å². The van der Waals surface area contributed by atoms with E-state index in [-0.39, 0.29) is 18.0 Å². The molecule has 0 aromatic heterocycles. The van der Waals surface area contributed by atoms with Crippen molar-refractivity contribution in [3.05, 3.63) is 63.9 Å². The first-order chi connectivity index (χ1) is 9.97. The van der Waals surface area contributed by atoms with Crippen LogP contribution in [0.3, 0.4) is 0 Å². The van der Waals surface area contributed by atoms with Crippen LogP contribution in [0.25, 0.3) is 0 Å². The highest BCUT2D eigenvalue weighted by Gasteiger charge is 2.11. The smallest absolute Gasteiger partial charge is 0.307 e. The molecule has 2 rings (SSSR count). The molecule has 0 heterocycles. The van der Waals surface area contributed by atoms with Crippen LogP contribution in [0, 0.1) is 5.82 Å². The average Bonchev–Trinajstić information content (AvgIpc) is 2.44. The Balaban J connectivity index is 2.13. The molecule has 110 valence electrons. The zero-order valence-corrected chi connectivity index (χ0v) is 13.3. The fraction of sp³-hybridized carbons (Fsp3) is 0.133. The summed E-state index contributed by atoms with van der Waals surface area (Å²) in [6.45, 7) is 0. The van der Waals surface area contributed by atoms with Crippen molar-refractivity contribution < 1.29 is 18.5 Å². The molecule has 0 aliphatic carbocycles. The summed E-state index contributed by atoms with van der Waals surface area (Å²) in [6, 6.07) is 11.2. The average molecular weight is 371 g/mol. The maximum Gasteiger partial charge on any atom is 0.307 e. The van der Waals surface area contributed by atoms with Gasteiger partial charge in [0.1, 0.15) is 5.82 Å². The maximum atomic E-state index is 13.4. The zero-order chi connectivity index (χ0) is 15.4. The first-order valence-electron chi connectivity index (χ1n) is 6.09. The Hall–Kier alpha value is -1.53. The second-order valence-corrected chi connectivity index (χ2v) is 6.66. The Morgan fingerprint density at radius 2 is 1.86 bits per heavy atom. The molecule has 1 unspecified atom stereocenters. The van der Waals surface area contributed by atoms with Crippen molar-refractivity contribution in [2.24, 2.45) is 0 Å². The number of carbonyl (C=O) groups is 1. The van der Waals surface area contributed by atoms with Gasteiger partial charge in [0.25, 0.3) is 0 Å². The van der Waals surface area contributed by atoms with Gasteiger partial charge in [0.2, 0.25) is 0 Å². The summed E-state index contributed by atoms with van der Waals surface area (Å²) in [5.41, 5.74) is 1.28. The third-order valence-corrected chi connectivity index (χ3v) is 5.12. The number of halogens is 2. The van der Waals surface area contributed by atoms with Gasteiger partial charge in [-0.15, -0.1) is 0 Å². The minimum atomic E-state index is -1.32. The van der Waals surface area contributed by atoms with Gasteiger partial charge in [-0.2, -0.15) is 0 Å². The van der Waals surface area contributed by atoms with Crippen molar-refractivity contribution in [3.63, 3.8) is 0 Å². The molecular formula is C15H12BrFO3S. The van der Waals surface area contributed by atoms with Gasteiger partial charge in [0, 0.05) is 4.90 Å². The molecule has 0 amide bonds. The summed E-state index contributed by atoms with van der Waals surface area (Å²) >= 11 is 3.15. The maximum absolute atomic E-state index is 13.4. The van der Waals surface area contributed by atoms with Crippen LogP contribution >= 0.6 is 15.9 Å². The molecule has 21 heavy (non-hydrogen) atoms. The largest absolute Gasteiger partial charge is 0.481 e. The lowest BCUT2D eigenvalue weighted by Gasteiger charge is -2.06. The van der Waals surface area contributed by atoms with E-state index in [2.05, 4.69) is 15.9 Å². The molecule has 1 N–H and O–H groups in total. The molecule has 0 aliphatic heterocycles. The van der Waals surface area contributed by atoms with Crippen molar-refractivity contribution in [1.29, 1.82) is 0 Å². The van der Waals surface area contributed by atoms with Crippen molar-refractivity contribution in [2.45, 2.75) is 17.1 Å². The fourth-order valence-corrected chi connectivity index (χ4v) is 3.54. The van der Waals surface area contributed by atoms with E-state index in [0.29, 0.717) is 20.5 Å². The topological polar surface area (TPSA) is 54.4 Å². The number of aliphatic carboxylic acids is 1. The van der Waals surface area contributed by atoms with Crippen LogP contribution in [-0.2, 0) is 27.8 Å². The molecule has 1 atom stereocenters. The van der Waals surface area contributed by atoms with Crippen molar-refractivity contribution in [3.8, 4) is 0 Å². The van der Waals surface area contributed by atoms with Crippen LogP contribution in [-0.4, -0.2) is 15.3 Å². The van der Waals surface area contributed by atoms with E-state index in [1.54, 1.807) is 36.4 Å². The van der Waals surface area contributed by atoms with Crippen LogP contribution in [0.2, 0.25) is 0 Å². The second kappa shape index (κ2) is 6.95. The second-order valence-electron chi connectivity index (χ2n) is 4.42. The number of rotatable bonds is 5. The van der Waals surface area contributed by atoms with Crippen LogP contribution in [0.4, 0.5) is 4.39 Å². The van der Waals surface area contributed by atoms with E-state index in [9.17, 15) is 13.4 Å². The molecule has 6 heteroatoms. The Morgan fingerprint density at radius 3 is 2.48 bits per heavy atom. The summed E-state index contributed by atoms with van der Waals surface area (Å²) in [5, 5.41) is 8.70. The SMILES string of the molecule is O=C(O)Cc1ccc(S(=O)Cc2cccc(F)c2Br)cc1. The van der Waals surface area contributed by atoms with E-state index in [4.69, 9.17) is 5.11 Å². The van der Waals surface area contributed by atoms with Gasteiger partial charge in [-0.25, -0.2) is 4.39 Å². The monoisotopic (exact) mass is 370 g/mol. The lowest BCUT2D eigenvalue weighted by molar-refractivity contribution is -0.136. The lowest BCUT2D eigenvalue weighted by Crippen LogP contribution is -2.01. The molecule has 0 aliphatic rings. The molecule has 0 saturated carbocycles. The van der Waals surface area contributed by atoms with E-state index >= 15 is 0 Å². The molecule has 0 bridgehead atoms. The fourth-order valence-electron chi connectivity index (χ4n) is 1.82. The molecule has 0 radical (unpaired) electrons. The lowest BCUT2D eigenvalue weighted by atomic mass is 10.2. The minimum absolute atomic E-state index is 0.0671. The van der Waals surface area contributed by atoms with Crippen molar-refractivity contribution in [2.75, 3.05) is 0 Å². The molecule has 0 fully saturated rings. The minimum Gasteiger partial charge on any atom is -0.481 e. The van der Waals surface area contributed by atoms with Gasteiger partial charge in [-0.3, -0.25) is 9.00 Å². The van der Waals surface area contributed by atoms with E-state index < -0.39 is 16.8 Å². The first-order valence-corrected chi connectivity index (χ1v) is 8.20. The third kappa shape index (κ3) is 4.22. The highest BCUT2D eigenvalue weighted by molar-refractivity contribution is 9.10. The predicted octanol–water partition coefficient (Wildman–Crippen LogP) is 3.52. The molecule has 2 aromatic rings. The normalized spacial score (nSPS) is 12.1. The van der Waals surface area contributed by atoms with Gasteiger partial charge in [0.15, 0.2) is 0 Å². The number of hydrogen-bond acceptors (Lipinski definition) is 2. The molecular weight excluding hydrogens is 359 g/mol. The number of carboxylic acid groups (broad SMARTS) is 1. The van der Waals surface area contributed by atoms with E-state index in [1.807, 2.05) is 0 Å². The van der Waals surface area contributed by atoms with Gasteiger partial charge in [-0.05, 0) is 45.3 Å². The third-order valence-electron chi connectivity index (χ3n) is 2.86. The van der Waals surface area contributed by atoms with Crippen LogP contribution < -0.4 is 0 Å². The predicted molar refractivity (Wildman–Crippen MR) is 82.0 cm³/mol. The quantitative estimate of drug-likeness (QED) is 0.875. The Labute approximate surface area is 132 Å². The van der Waals surface area contributed by atoms with Crippen LogP contribution in [0.15, 0.2) is 51.8 Å². The van der Waals surface area contributed by atoms with Gasteiger partial charge < -0.3 is 5.11 Å². The van der Waals surface area contributed by atoms with Gasteiger partial charge >= 0.3 is 5.97 Å². The standard InChI is InChI=1S/C15H12BrFO3S/c16-15-11(2-1-3-13(15)17)9-21(20)12-6-4-10(5-7-12)8-14(18)19/h1-7H,8-9H2,(H,18,19). The summed E-state index contributed by atoms with van der Waals surface area (Å²) < 4.78 is 26.0. The Kier molecular flexibility index (Phi) is 5.25. The molecule has 0 spiro atoms. The van der Waals surface area contributed by atoms with Crippen molar-refractivity contribution in [1.82, 2.24) is 0 Å². The van der Waals surface area contributed by atoms with Crippen LogP contribution in [0.1, 0.15) is 11.1 Å². The Bertz CT molecular complexity index is 686. The molecule has 0 saturated heterocycles. The van der Waals surface area contributed by atoms with Crippen molar-refractivity contribution >= 4 is 32.7 Å². The Morgan fingerprint density at radius 1 is 1.19 bits per heavy atom. The zero-order valence-electron chi connectivity index (χ0n) is 10.9. The van der Waals surface area contributed by atoms with Gasteiger partial charge in [0.05, 0.1) is 27.4 Å². The van der Waals surface area contributed by atoms with E-state index in [1.165, 1.54) is 6.07 Å². The summed E-state index contributed by atoms with van der Waals surface area (Å²) in [4.78, 5) is 11.2. The summed E-state index contributed by atoms with van der Waals surface area (Å²) in [5.74, 6) is -1.11. The number of benzene rings is 2. The summed E-state index contributed by atoms with van der Waals surface area (Å²) in [6.07, 6.45) is -0.0671. The molecule has 3 nitrogen and oxygen atoms in total. The number of carboxylic acids is 1. The highest BCUT2D eigenvalue weighted by Crippen LogP contribution is 2.23. The highest BCUT2D eigenvalue weighted by atomic mass is 79.9. The van der Waals surface area contributed by atoms with E-state index in [0.717, 1.165) is 0 Å². The van der Waals surface area contributed by atoms with Crippen LogP contribution in [0.5, 0.6) is 0 Å². The first kappa shape index (κ1) is 15.9. The summed E-state index contributed by atoms with van der Waals surface area (Å²) in [7, 11) is -1.32. The number of hydrogen-bond donors (Lipinski definition) is 1.